The number of pyridine rings is 1. The lowest BCUT2D eigenvalue weighted by Crippen LogP contribution is -2.60. The summed E-state index contributed by atoms with van der Waals surface area (Å²) in [6.07, 6.45) is 5.72. The van der Waals surface area contributed by atoms with E-state index in [-0.39, 0.29) is 0 Å². The molecule has 3 heterocycles. The summed E-state index contributed by atoms with van der Waals surface area (Å²) in [6.45, 7) is 13.1. The van der Waals surface area contributed by atoms with Gasteiger partial charge >= 0.3 is 0 Å². The molecule has 1 aromatic heterocycles. The number of rotatable bonds is 4. The molecular weight excluding hydrogens is 306 g/mol. The van der Waals surface area contributed by atoms with Gasteiger partial charge in [0.2, 0.25) is 0 Å². The molecule has 25 heavy (non-hydrogen) atoms. The van der Waals surface area contributed by atoms with E-state index in [1.807, 2.05) is 6.20 Å². The number of fused-ring (bicyclic) bond motifs is 1. The fraction of sp³-hybridized carbons (Fsp3) is 0.591. The van der Waals surface area contributed by atoms with Crippen LogP contribution < -0.4 is 4.90 Å². The first kappa shape index (κ1) is 16.8. The lowest BCUT2D eigenvalue weighted by molar-refractivity contribution is -0.0246. The van der Waals surface area contributed by atoms with Crippen LogP contribution in [-0.2, 0) is 6.42 Å². The molecule has 2 aliphatic heterocycles. The predicted molar refractivity (Wildman–Crippen MR) is 106 cm³/mol. The van der Waals surface area contributed by atoms with Crippen LogP contribution in [0.15, 0.2) is 30.5 Å². The molecule has 4 rings (SSSR count). The Morgan fingerprint density at radius 1 is 1.12 bits per heavy atom. The molecule has 2 saturated heterocycles. The largest absolute Gasteiger partial charge is 0.371 e. The fourth-order valence-electron chi connectivity index (χ4n) is 4.76. The Labute approximate surface area is 152 Å². The van der Waals surface area contributed by atoms with E-state index in [0.717, 1.165) is 17.9 Å². The van der Waals surface area contributed by atoms with E-state index >= 15 is 0 Å². The van der Waals surface area contributed by atoms with Crippen molar-refractivity contribution in [1.82, 2.24) is 9.88 Å². The Bertz CT molecular complexity index is 736. The summed E-state index contributed by atoms with van der Waals surface area (Å²) >= 11 is 0. The van der Waals surface area contributed by atoms with E-state index in [0.29, 0.717) is 5.41 Å². The second-order valence-electron chi connectivity index (χ2n) is 8.59. The second-order valence-corrected chi connectivity index (χ2v) is 8.59. The Kier molecular flexibility index (Phi) is 4.45. The average Bonchev–Trinajstić information content (AvgIpc) is 2.59. The molecule has 1 aromatic carbocycles. The third-order valence-corrected chi connectivity index (χ3v) is 6.10. The highest BCUT2D eigenvalue weighted by atomic mass is 15.2. The summed E-state index contributed by atoms with van der Waals surface area (Å²) < 4.78 is 0. The number of anilines is 1. The Morgan fingerprint density at radius 2 is 1.88 bits per heavy atom. The average molecular weight is 338 g/mol. The molecule has 0 bridgehead atoms. The highest BCUT2D eigenvalue weighted by molar-refractivity contribution is 5.92. The van der Waals surface area contributed by atoms with Gasteiger partial charge in [-0.1, -0.05) is 26.8 Å². The van der Waals surface area contributed by atoms with Crippen LogP contribution in [0.1, 0.15) is 39.2 Å². The van der Waals surface area contributed by atoms with Crippen LogP contribution in [0.4, 0.5) is 5.69 Å². The number of likely N-dealkylation sites (tertiary alicyclic amines) is 1. The van der Waals surface area contributed by atoms with Crippen molar-refractivity contribution in [3.8, 4) is 0 Å². The minimum absolute atomic E-state index is 0.600. The summed E-state index contributed by atoms with van der Waals surface area (Å²) in [6, 6.07) is 8.95. The van der Waals surface area contributed by atoms with E-state index in [9.17, 15) is 0 Å². The molecule has 0 atom stereocenters. The zero-order valence-corrected chi connectivity index (χ0v) is 16.0. The zero-order valence-electron chi connectivity index (χ0n) is 16.0. The Morgan fingerprint density at radius 3 is 2.56 bits per heavy atom. The van der Waals surface area contributed by atoms with Gasteiger partial charge in [0, 0.05) is 50.0 Å². The molecule has 0 amide bonds. The third-order valence-electron chi connectivity index (χ3n) is 6.10. The van der Waals surface area contributed by atoms with Gasteiger partial charge in [-0.3, -0.25) is 4.98 Å². The van der Waals surface area contributed by atoms with Crippen LogP contribution in [-0.4, -0.2) is 42.6 Å². The molecule has 2 aliphatic rings. The van der Waals surface area contributed by atoms with Gasteiger partial charge in [0.25, 0.3) is 0 Å². The fourth-order valence-corrected chi connectivity index (χ4v) is 4.76. The Balaban J connectivity index is 1.47. The molecule has 0 unspecified atom stereocenters. The van der Waals surface area contributed by atoms with Crippen molar-refractivity contribution in [3.05, 3.63) is 36.0 Å². The van der Waals surface area contributed by atoms with E-state index in [1.54, 1.807) is 0 Å². The predicted octanol–water partition coefficient (Wildman–Crippen LogP) is 4.36. The zero-order chi connectivity index (χ0) is 17.4. The minimum Gasteiger partial charge on any atom is -0.371 e. The molecule has 134 valence electrons. The van der Waals surface area contributed by atoms with Crippen LogP contribution in [0.25, 0.3) is 10.9 Å². The lowest BCUT2D eigenvalue weighted by atomic mass is 9.71. The van der Waals surface area contributed by atoms with Gasteiger partial charge in [-0.2, -0.15) is 0 Å². The third kappa shape index (κ3) is 3.27. The Hall–Kier alpha value is -1.61. The minimum atomic E-state index is 0.600. The van der Waals surface area contributed by atoms with Crippen molar-refractivity contribution in [2.45, 2.75) is 40.0 Å². The normalized spacial score (nSPS) is 20.4. The van der Waals surface area contributed by atoms with E-state index < -0.39 is 0 Å². The van der Waals surface area contributed by atoms with Crippen LogP contribution in [0.3, 0.4) is 0 Å². The second kappa shape index (κ2) is 6.60. The number of benzene rings is 1. The molecule has 2 aromatic rings. The monoisotopic (exact) mass is 337 g/mol. The van der Waals surface area contributed by atoms with Crippen molar-refractivity contribution in [3.63, 3.8) is 0 Å². The van der Waals surface area contributed by atoms with Crippen LogP contribution >= 0.6 is 0 Å². The number of piperidine rings is 1. The number of aromatic nitrogens is 1. The summed E-state index contributed by atoms with van der Waals surface area (Å²) in [5.41, 5.74) is 4.51. The SMILES string of the molecule is CCc1ccc2nccc(N3CCC4(CC3)CN(CC(C)C)C4)c2c1. The number of aryl methyl sites for hydroxylation is 1. The molecule has 0 radical (unpaired) electrons. The van der Waals surface area contributed by atoms with Crippen molar-refractivity contribution < 1.29 is 0 Å². The van der Waals surface area contributed by atoms with E-state index in [1.165, 1.54) is 62.2 Å². The topological polar surface area (TPSA) is 19.4 Å². The molecule has 3 nitrogen and oxygen atoms in total. The molecule has 0 aliphatic carbocycles. The quantitative estimate of drug-likeness (QED) is 0.826. The highest BCUT2D eigenvalue weighted by Gasteiger charge is 2.44. The van der Waals surface area contributed by atoms with Crippen molar-refractivity contribution in [2.75, 3.05) is 37.6 Å². The van der Waals surface area contributed by atoms with Crippen molar-refractivity contribution in [2.24, 2.45) is 11.3 Å². The van der Waals surface area contributed by atoms with Gasteiger partial charge < -0.3 is 9.80 Å². The van der Waals surface area contributed by atoms with Gasteiger partial charge in [-0.15, -0.1) is 0 Å². The van der Waals surface area contributed by atoms with Gasteiger partial charge in [0.1, 0.15) is 0 Å². The lowest BCUT2D eigenvalue weighted by Gasteiger charge is -2.55. The highest BCUT2D eigenvalue weighted by Crippen LogP contribution is 2.42. The molecule has 1 spiro atoms. The van der Waals surface area contributed by atoms with Gasteiger partial charge in [-0.25, -0.2) is 0 Å². The summed E-state index contributed by atoms with van der Waals surface area (Å²) in [5.74, 6) is 0.786. The summed E-state index contributed by atoms with van der Waals surface area (Å²) in [5, 5.41) is 1.33. The van der Waals surface area contributed by atoms with Crippen LogP contribution in [0, 0.1) is 11.3 Å². The van der Waals surface area contributed by atoms with Crippen molar-refractivity contribution >= 4 is 16.6 Å². The summed E-state index contributed by atoms with van der Waals surface area (Å²) in [7, 11) is 0. The number of nitrogens with zero attached hydrogens (tertiary/aromatic N) is 3. The van der Waals surface area contributed by atoms with Gasteiger partial charge in [-0.05, 0) is 54.4 Å². The van der Waals surface area contributed by atoms with Gasteiger partial charge in [0.15, 0.2) is 0 Å². The maximum absolute atomic E-state index is 4.57. The first-order valence-electron chi connectivity index (χ1n) is 9.93. The first-order valence-corrected chi connectivity index (χ1v) is 9.93. The van der Waals surface area contributed by atoms with E-state index in [2.05, 4.69) is 59.8 Å². The number of hydrogen-bond donors (Lipinski definition) is 0. The van der Waals surface area contributed by atoms with Crippen molar-refractivity contribution in [1.29, 1.82) is 0 Å². The molecular formula is C22H31N3. The van der Waals surface area contributed by atoms with Crippen LogP contribution in [0.2, 0.25) is 0 Å². The molecule has 2 fully saturated rings. The first-order chi connectivity index (χ1) is 12.1. The molecule has 3 heteroatoms. The standard InChI is InChI=1S/C22H31N3/c1-4-18-5-6-20-19(13-18)21(7-10-23-20)25-11-8-22(9-12-25)15-24(16-22)14-17(2)3/h5-7,10,13,17H,4,8-9,11-12,14-16H2,1-3H3. The van der Waals surface area contributed by atoms with Gasteiger partial charge in [0.05, 0.1) is 5.52 Å². The molecule has 0 N–H and O–H groups in total. The maximum Gasteiger partial charge on any atom is 0.0722 e. The van der Waals surface area contributed by atoms with E-state index in [4.69, 9.17) is 0 Å². The smallest absolute Gasteiger partial charge is 0.0722 e. The molecule has 0 saturated carbocycles. The van der Waals surface area contributed by atoms with Crippen LogP contribution in [0.5, 0.6) is 0 Å². The summed E-state index contributed by atoms with van der Waals surface area (Å²) in [4.78, 5) is 9.82. The maximum atomic E-state index is 4.57. The number of hydrogen-bond acceptors (Lipinski definition) is 3.